The Morgan fingerprint density at radius 2 is 2.36 bits per heavy atom. The average Bonchev–Trinajstić information content (AvgIpc) is 2.15. The summed E-state index contributed by atoms with van der Waals surface area (Å²) in [5, 5.41) is 9.33. The number of hydrogen-bond acceptors (Lipinski definition) is 5. The fraction of sp³-hybridized carbons (Fsp3) is 0.556. The van der Waals surface area contributed by atoms with E-state index in [-0.39, 0.29) is 6.61 Å². The number of aliphatic hydroxyl groups is 1. The Morgan fingerprint density at radius 3 is 3.00 bits per heavy atom. The van der Waals surface area contributed by atoms with Crippen LogP contribution in [0, 0.1) is 6.92 Å². The minimum Gasteiger partial charge on any atom is -0.475 e. The fourth-order valence-electron chi connectivity index (χ4n) is 0.966. The van der Waals surface area contributed by atoms with Gasteiger partial charge in [0.1, 0.15) is 12.9 Å². The van der Waals surface area contributed by atoms with E-state index in [9.17, 15) is 5.11 Å². The molecule has 1 atom stereocenters. The number of ether oxygens (including phenoxy) is 1. The van der Waals surface area contributed by atoms with Gasteiger partial charge in [-0.1, -0.05) is 0 Å². The number of hydrogen-bond donors (Lipinski definition) is 2. The highest BCUT2D eigenvalue weighted by atomic mass is 16.5. The van der Waals surface area contributed by atoms with Crippen LogP contribution in [0.15, 0.2) is 12.4 Å². The third-order valence-corrected chi connectivity index (χ3v) is 1.70. The Balaban J connectivity index is 2.37. The van der Waals surface area contributed by atoms with Crippen LogP contribution in [0.4, 0.5) is 0 Å². The minimum absolute atomic E-state index is 0.216. The Morgan fingerprint density at radius 1 is 1.57 bits per heavy atom. The molecule has 0 bridgehead atoms. The molecule has 78 valence electrons. The van der Waals surface area contributed by atoms with Crippen LogP contribution in [0.1, 0.15) is 12.1 Å². The summed E-state index contributed by atoms with van der Waals surface area (Å²) in [6.07, 6.45) is 1.43. The first kappa shape index (κ1) is 10.9. The zero-order valence-corrected chi connectivity index (χ0v) is 8.18. The van der Waals surface area contributed by atoms with Gasteiger partial charge in [0.25, 0.3) is 0 Å². The topological polar surface area (TPSA) is 81.3 Å². The second kappa shape index (κ2) is 5.51. The number of aliphatic hydroxyl groups excluding tert-OH is 1. The van der Waals surface area contributed by atoms with E-state index in [0.29, 0.717) is 18.8 Å². The van der Waals surface area contributed by atoms with Crippen molar-refractivity contribution in [2.75, 3.05) is 13.2 Å². The van der Waals surface area contributed by atoms with Crippen molar-refractivity contribution in [3.63, 3.8) is 0 Å². The van der Waals surface area contributed by atoms with Gasteiger partial charge < -0.3 is 15.6 Å². The monoisotopic (exact) mass is 197 g/mol. The average molecular weight is 197 g/mol. The predicted octanol–water partition coefficient (Wildman–Crippen LogP) is -0.126. The molecule has 0 amide bonds. The van der Waals surface area contributed by atoms with Gasteiger partial charge in [0.2, 0.25) is 5.88 Å². The van der Waals surface area contributed by atoms with Gasteiger partial charge in [-0.3, -0.25) is 0 Å². The van der Waals surface area contributed by atoms with Crippen molar-refractivity contribution in [2.24, 2.45) is 5.73 Å². The van der Waals surface area contributed by atoms with Crippen molar-refractivity contribution < 1.29 is 9.84 Å². The smallest absolute Gasteiger partial charge is 0.216 e. The van der Waals surface area contributed by atoms with E-state index >= 15 is 0 Å². The third-order valence-electron chi connectivity index (χ3n) is 1.70. The van der Waals surface area contributed by atoms with Gasteiger partial charge in [-0.05, 0) is 19.9 Å². The van der Waals surface area contributed by atoms with Crippen LogP contribution >= 0.6 is 0 Å². The largest absolute Gasteiger partial charge is 0.475 e. The maximum Gasteiger partial charge on any atom is 0.216 e. The Bertz CT molecular complexity index is 281. The van der Waals surface area contributed by atoms with Crippen molar-refractivity contribution in [1.82, 2.24) is 9.97 Å². The number of aromatic nitrogens is 2. The molecule has 0 aliphatic rings. The lowest BCUT2D eigenvalue weighted by Crippen LogP contribution is -2.21. The summed E-state index contributed by atoms with van der Waals surface area (Å²) in [6, 6.07) is 1.72. The van der Waals surface area contributed by atoms with E-state index in [2.05, 4.69) is 9.97 Å². The summed E-state index contributed by atoms with van der Waals surface area (Å²) in [6.45, 7) is 2.52. The maximum absolute atomic E-state index is 9.33. The number of rotatable bonds is 5. The number of nitrogens with zero attached hydrogens (tertiary/aromatic N) is 2. The van der Waals surface area contributed by atoms with E-state index < -0.39 is 6.10 Å². The first-order valence-electron chi connectivity index (χ1n) is 4.52. The van der Waals surface area contributed by atoms with Crippen LogP contribution in [0.2, 0.25) is 0 Å². The molecule has 0 aliphatic heterocycles. The van der Waals surface area contributed by atoms with E-state index in [1.807, 2.05) is 6.92 Å². The van der Waals surface area contributed by atoms with Crippen LogP contribution < -0.4 is 10.5 Å². The number of nitrogens with two attached hydrogens (primary N) is 1. The summed E-state index contributed by atoms with van der Waals surface area (Å²) < 4.78 is 5.24. The van der Waals surface area contributed by atoms with Crippen LogP contribution in [0.5, 0.6) is 5.88 Å². The van der Waals surface area contributed by atoms with Crippen LogP contribution in [0.25, 0.3) is 0 Å². The molecule has 1 aromatic heterocycles. The second-order valence-corrected chi connectivity index (χ2v) is 3.04. The third kappa shape index (κ3) is 3.68. The van der Waals surface area contributed by atoms with Crippen LogP contribution in [0.3, 0.4) is 0 Å². The van der Waals surface area contributed by atoms with Gasteiger partial charge in [0.05, 0.1) is 6.10 Å². The highest BCUT2D eigenvalue weighted by molar-refractivity contribution is 5.11. The summed E-state index contributed by atoms with van der Waals surface area (Å²) >= 11 is 0. The van der Waals surface area contributed by atoms with Crippen LogP contribution in [-0.4, -0.2) is 34.3 Å². The van der Waals surface area contributed by atoms with Gasteiger partial charge >= 0.3 is 0 Å². The zero-order chi connectivity index (χ0) is 10.4. The van der Waals surface area contributed by atoms with Gasteiger partial charge in [-0.2, -0.15) is 0 Å². The van der Waals surface area contributed by atoms with Gasteiger partial charge in [0.15, 0.2) is 0 Å². The molecule has 0 aromatic carbocycles. The van der Waals surface area contributed by atoms with E-state index in [0.717, 1.165) is 5.69 Å². The quantitative estimate of drug-likeness (QED) is 0.687. The summed E-state index contributed by atoms with van der Waals surface area (Å²) in [5.41, 5.74) is 6.12. The number of aryl methyl sites for hydroxylation is 1. The molecule has 0 aliphatic carbocycles. The molecule has 1 rings (SSSR count). The van der Waals surface area contributed by atoms with Crippen molar-refractivity contribution in [3.05, 3.63) is 18.1 Å². The molecule has 3 N–H and O–H groups in total. The molecule has 5 nitrogen and oxygen atoms in total. The van der Waals surface area contributed by atoms with E-state index in [1.165, 1.54) is 6.33 Å². The van der Waals surface area contributed by atoms with Crippen molar-refractivity contribution in [3.8, 4) is 5.88 Å². The lowest BCUT2D eigenvalue weighted by Gasteiger charge is -2.10. The highest BCUT2D eigenvalue weighted by Gasteiger charge is 2.04. The van der Waals surface area contributed by atoms with Crippen molar-refractivity contribution in [1.29, 1.82) is 0 Å². The fourth-order valence-corrected chi connectivity index (χ4v) is 0.966. The molecule has 0 spiro atoms. The van der Waals surface area contributed by atoms with E-state index in [4.69, 9.17) is 10.5 Å². The standard InChI is InChI=1S/C9H15N3O2/c1-7-4-9(12-6-11-7)14-5-8(13)2-3-10/h4,6,8,13H,2-3,5,10H2,1H3. The van der Waals surface area contributed by atoms with Crippen molar-refractivity contribution >= 4 is 0 Å². The Hall–Kier alpha value is -1.20. The molecule has 0 radical (unpaired) electrons. The normalized spacial score (nSPS) is 12.5. The molecule has 5 heteroatoms. The van der Waals surface area contributed by atoms with Gasteiger partial charge in [-0.25, -0.2) is 9.97 Å². The molecule has 1 unspecified atom stereocenters. The van der Waals surface area contributed by atoms with Gasteiger partial charge in [-0.15, -0.1) is 0 Å². The predicted molar refractivity (Wildman–Crippen MR) is 51.9 cm³/mol. The molecule has 0 saturated carbocycles. The first-order chi connectivity index (χ1) is 6.72. The van der Waals surface area contributed by atoms with Gasteiger partial charge in [0, 0.05) is 11.8 Å². The Labute approximate surface area is 82.9 Å². The van der Waals surface area contributed by atoms with Crippen molar-refractivity contribution in [2.45, 2.75) is 19.4 Å². The molecule has 14 heavy (non-hydrogen) atoms. The summed E-state index contributed by atoms with van der Waals surface area (Å²) in [5.74, 6) is 0.480. The molecule has 0 saturated heterocycles. The maximum atomic E-state index is 9.33. The summed E-state index contributed by atoms with van der Waals surface area (Å²) in [4.78, 5) is 7.83. The SMILES string of the molecule is Cc1cc(OCC(O)CCN)ncn1. The lowest BCUT2D eigenvalue weighted by molar-refractivity contribution is 0.0994. The Kier molecular flexibility index (Phi) is 4.28. The van der Waals surface area contributed by atoms with Crippen LogP contribution in [-0.2, 0) is 0 Å². The molecule has 1 heterocycles. The molecular formula is C9H15N3O2. The summed E-state index contributed by atoms with van der Waals surface area (Å²) in [7, 11) is 0. The minimum atomic E-state index is -0.532. The van der Waals surface area contributed by atoms with E-state index in [1.54, 1.807) is 6.07 Å². The molecular weight excluding hydrogens is 182 g/mol. The second-order valence-electron chi connectivity index (χ2n) is 3.04. The first-order valence-corrected chi connectivity index (χ1v) is 4.52. The lowest BCUT2D eigenvalue weighted by atomic mass is 10.3. The molecule has 1 aromatic rings. The zero-order valence-electron chi connectivity index (χ0n) is 8.18. The highest BCUT2D eigenvalue weighted by Crippen LogP contribution is 2.06. The molecule has 0 fully saturated rings.